The molecule has 0 amide bonds. The Labute approximate surface area is 169 Å². The third kappa shape index (κ3) is 3.72. The van der Waals surface area contributed by atoms with Crippen molar-refractivity contribution in [2.45, 2.75) is 19.3 Å². The van der Waals surface area contributed by atoms with E-state index in [9.17, 15) is 4.79 Å². The molecule has 0 bridgehead atoms. The van der Waals surface area contributed by atoms with E-state index in [1.807, 2.05) is 36.7 Å². The van der Waals surface area contributed by atoms with Crippen molar-refractivity contribution in [3.63, 3.8) is 0 Å². The lowest BCUT2D eigenvalue weighted by molar-refractivity contribution is -0.118. The Hall–Kier alpha value is -3.22. The van der Waals surface area contributed by atoms with E-state index in [2.05, 4.69) is 26.3 Å². The molecule has 3 aromatic rings. The van der Waals surface area contributed by atoms with Crippen LogP contribution in [-0.2, 0) is 4.79 Å². The molecular formula is C22H24N4O3. The van der Waals surface area contributed by atoms with Crippen molar-refractivity contribution in [3.05, 3.63) is 42.7 Å². The number of ketones is 1. The van der Waals surface area contributed by atoms with Crippen LogP contribution < -0.4 is 19.7 Å². The fraction of sp³-hybridized carbons (Fsp3) is 0.364. The lowest BCUT2D eigenvalue weighted by Crippen LogP contribution is -2.37. The molecule has 1 unspecified atom stereocenters. The number of pyridine rings is 1. The summed E-state index contributed by atoms with van der Waals surface area (Å²) in [5.74, 6) is 3.06. The molecule has 7 nitrogen and oxygen atoms in total. The number of fused-ring (bicyclic) bond motifs is 2. The van der Waals surface area contributed by atoms with E-state index in [0.717, 1.165) is 59.8 Å². The van der Waals surface area contributed by atoms with Crippen molar-refractivity contribution in [1.82, 2.24) is 9.97 Å². The van der Waals surface area contributed by atoms with Crippen LogP contribution in [0.4, 0.5) is 11.5 Å². The van der Waals surface area contributed by atoms with E-state index < -0.39 is 0 Å². The molecule has 1 fully saturated rings. The third-order valence-electron chi connectivity index (χ3n) is 5.66. The number of H-pyrrole nitrogens is 1. The Morgan fingerprint density at radius 1 is 1.24 bits per heavy atom. The molecule has 0 spiro atoms. The van der Waals surface area contributed by atoms with Gasteiger partial charge in [-0.15, -0.1) is 0 Å². The summed E-state index contributed by atoms with van der Waals surface area (Å²) in [7, 11) is 0. The summed E-state index contributed by atoms with van der Waals surface area (Å²) in [5.41, 5.74) is 1.97. The van der Waals surface area contributed by atoms with Crippen molar-refractivity contribution in [2.75, 3.05) is 36.6 Å². The van der Waals surface area contributed by atoms with E-state index in [1.165, 1.54) is 0 Å². The van der Waals surface area contributed by atoms with Crippen LogP contribution in [0, 0.1) is 5.92 Å². The molecule has 2 aromatic heterocycles. The zero-order chi connectivity index (χ0) is 19.6. The topological polar surface area (TPSA) is 79.5 Å². The zero-order valence-electron chi connectivity index (χ0n) is 16.2. The van der Waals surface area contributed by atoms with Gasteiger partial charge < -0.3 is 24.7 Å². The third-order valence-corrected chi connectivity index (χ3v) is 5.66. The number of carbonyl (C=O) groups excluding carboxylic acids is 1. The lowest BCUT2D eigenvalue weighted by atomic mass is 9.92. The summed E-state index contributed by atoms with van der Waals surface area (Å²) in [6, 6.07) is 9.71. The normalized spacial score (nSPS) is 18.2. The molecule has 29 heavy (non-hydrogen) atoms. The Bertz CT molecular complexity index is 1030. The number of carbonyl (C=O) groups is 1. The van der Waals surface area contributed by atoms with Crippen molar-refractivity contribution in [3.8, 4) is 11.5 Å². The van der Waals surface area contributed by atoms with Gasteiger partial charge in [-0.1, -0.05) is 0 Å². The Morgan fingerprint density at radius 3 is 3.14 bits per heavy atom. The monoisotopic (exact) mass is 392 g/mol. The van der Waals surface area contributed by atoms with Gasteiger partial charge in [0.25, 0.3) is 0 Å². The first-order valence-electron chi connectivity index (χ1n) is 10.1. The van der Waals surface area contributed by atoms with E-state index >= 15 is 0 Å². The van der Waals surface area contributed by atoms with Crippen LogP contribution in [0.3, 0.4) is 0 Å². The smallest absolute Gasteiger partial charge is 0.231 e. The van der Waals surface area contributed by atoms with Gasteiger partial charge in [0.2, 0.25) is 6.79 Å². The number of Topliss-reactive ketones (excluding diaryl/α,β-unsaturated/α-hetero) is 1. The highest BCUT2D eigenvalue weighted by Gasteiger charge is 2.24. The molecule has 1 saturated heterocycles. The van der Waals surface area contributed by atoms with Gasteiger partial charge in [-0.25, -0.2) is 4.98 Å². The average Bonchev–Trinajstić information content (AvgIpc) is 3.41. The molecule has 0 aliphatic carbocycles. The molecule has 5 rings (SSSR count). The molecule has 1 atom stereocenters. The second kappa shape index (κ2) is 7.66. The van der Waals surface area contributed by atoms with Gasteiger partial charge in [0.1, 0.15) is 5.82 Å². The summed E-state index contributed by atoms with van der Waals surface area (Å²) in [6.45, 7) is 2.42. The number of ether oxygens (including phenoxy) is 2. The average molecular weight is 392 g/mol. The molecule has 7 heteroatoms. The SMILES string of the molecule is O=C(CNc1ccc2c(c1)OCO2)CC1CCCN(c2nccc3[nH]ccc23)C1. The Morgan fingerprint density at radius 2 is 2.17 bits per heavy atom. The highest BCUT2D eigenvalue weighted by molar-refractivity contribution is 5.90. The summed E-state index contributed by atoms with van der Waals surface area (Å²) >= 11 is 0. The molecule has 4 heterocycles. The van der Waals surface area contributed by atoms with Crippen LogP contribution in [0.15, 0.2) is 42.7 Å². The van der Waals surface area contributed by atoms with Crippen molar-refractivity contribution >= 4 is 28.2 Å². The maximum Gasteiger partial charge on any atom is 0.231 e. The van der Waals surface area contributed by atoms with E-state index in [1.54, 1.807) is 0 Å². The Balaban J connectivity index is 1.18. The van der Waals surface area contributed by atoms with Crippen LogP contribution in [0.25, 0.3) is 10.9 Å². The van der Waals surface area contributed by atoms with Gasteiger partial charge in [-0.3, -0.25) is 4.79 Å². The van der Waals surface area contributed by atoms with Crippen LogP contribution in [-0.4, -0.2) is 42.2 Å². The Kier molecular flexibility index (Phi) is 4.71. The highest BCUT2D eigenvalue weighted by atomic mass is 16.7. The molecular weight excluding hydrogens is 368 g/mol. The number of aromatic nitrogens is 2. The molecule has 2 aliphatic rings. The summed E-state index contributed by atoms with van der Waals surface area (Å²) in [5, 5.41) is 4.35. The maximum absolute atomic E-state index is 12.6. The van der Waals surface area contributed by atoms with Gasteiger partial charge in [-0.2, -0.15) is 0 Å². The first-order chi connectivity index (χ1) is 14.3. The van der Waals surface area contributed by atoms with Gasteiger partial charge in [0.05, 0.1) is 12.1 Å². The quantitative estimate of drug-likeness (QED) is 0.668. The number of hydrogen-bond donors (Lipinski definition) is 2. The summed E-state index contributed by atoms with van der Waals surface area (Å²) in [6.07, 6.45) is 6.53. The number of nitrogens with one attached hydrogen (secondary N) is 2. The van der Waals surface area contributed by atoms with Crippen molar-refractivity contribution in [2.24, 2.45) is 5.92 Å². The van der Waals surface area contributed by atoms with E-state index in [0.29, 0.717) is 18.9 Å². The van der Waals surface area contributed by atoms with Crippen molar-refractivity contribution in [1.29, 1.82) is 0 Å². The largest absolute Gasteiger partial charge is 0.454 e. The number of hydrogen-bond acceptors (Lipinski definition) is 6. The summed E-state index contributed by atoms with van der Waals surface area (Å²) < 4.78 is 10.7. The molecule has 150 valence electrons. The number of anilines is 2. The van der Waals surface area contributed by atoms with Crippen LogP contribution in [0.1, 0.15) is 19.3 Å². The van der Waals surface area contributed by atoms with Gasteiger partial charge >= 0.3 is 0 Å². The fourth-order valence-corrected chi connectivity index (χ4v) is 4.24. The number of rotatable bonds is 6. The molecule has 2 aliphatic heterocycles. The minimum Gasteiger partial charge on any atom is -0.454 e. The lowest BCUT2D eigenvalue weighted by Gasteiger charge is -2.33. The predicted octanol–water partition coefficient (Wildman–Crippen LogP) is 3.58. The number of benzene rings is 1. The molecule has 0 saturated carbocycles. The van der Waals surface area contributed by atoms with Gasteiger partial charge in [-0.05, 0) is 43.0 Å². The van der Waals surface area contributed by atoms with Gasteiger partial charge in [0, 0.05) is 49.0 Å². The minimum atomic E-state index is 0.224. The minimum absolute atomic E-state index is 0.224. The highest BCUT2D eigenvalue weighted by Crippen LogP contribution is 2.34. The fourth-order valence-electron chi connectivity index (χ4n) is 4.24. The second-order valence-electron chi connectivity index (χ2n) is 7.69. The van der Waals surface area contributed by atoms with Crippen LogP contribution in [0.5, 0.6) is 11.5 Å². The number of nitrogens with zero attached hydrogens (tertiary/aromatic N) is 2. The van der Waals surface area contributed by atoms with E-state index in [4.69, 9.17) is 9.47 Å². The van der Waals surface area contributed by atoms with Crippen LogP contribution in [0.2, 0.25) is 0 Å². The second-order valence-corrected chi connectivity index (χ2v) is 7.69. The molecule has 0 radical (unpaired) electrons. The standard InChI is InChI=1S/C22H24N4O3/c27-17(12-25-16-3-4-20-21(11-16)29-14-28-20)10-15-2-1-9-26(13-15)22-18-5-7-23-19(18)6-8-24-22/h3-8,11,15,23,25H,1-2,9-10,12-14H2. The predicted molar refractivity (Wildman–Crippen MR) is 112 cm³/mol. The molecule has 2 N–H and O–H groups in total. The molecule has 1 aromatic carbocycles. The number of aromatic amines is 1. The first-order valence-corrected chi connectivity index (χ1v) is 10.1. The zero-order valence-corrected chi connectivity index (χ0v) is 16.2. The summed E-state index contributed by atoms with van der Waals surface area (Å²) in [4.78, 5) is 22.7. The maximum atomic E-state index is 12.6. The van der Waals surface area contributed by atoms with Crippen LogP contribution >= 0.6 is 0 Å². The first kappa shape index (κ1) is 17.8. The van der Waals surface area contributed by atoms with Crippen molar-refractivity contribution < 1.29 is 14.3 Å². The number of piperidine rings is 1. The van der Waals surface area contributed by atoms with Gasteiger partial charge in [0.15, 0.2) is 17.3 Å². The van der Waals surface area contributed by atoms with E-state index in [-0.39, 0.29) is 12.6 Å².